The lowest BCUT2D eigenvalue weighted by molar-refractivity contribution is 0.148. The highest BCUT2D eigenvalue weighted by Crippen LogP contribution is 2.23. The second-order valence-corrected chi connectivity index (χ2v) is 2.81. The fourth-order valence-electron chi connectivity index (χ4n) is 1.49. The van der Waals surface area contributed by atoms with Gasteiger partial charge in [0, 0.05) is 13.2 Å². The van der Waals surface area contributed by atoms with Crippen LogP contribution in [0.1, 0.15) is 19.3 Å². The molecule has 2 nitrogen and oxygen atoms in total. The topological polar surface area (TPSA) is 35.2 Å². The van der Waals surface area contributed by atoms with Crippen LogP contribution in [-0.4, -0.2) is 19.8 Å². The van der Waals surface area contributed by atoms with E-state index in [4.69, 9.17) is 10.5 Å². The molecule has 1 aliphatic rings. The molecule has 10 heavy (non-hydrogen) atoms. The summed E-state index contributed by atoms with van der Waals surface area (Å²) in [4.78, 5) is 0. The van der Waals surface area contributed by atoms with Crippen molar-refractivity contribution in [2.75, 3.05) is 13.7 Å². The maximum atomic E-state index is 5.79. The van der Waals surface area contributed by atoms with Crippen LogP contribution in [0.2, 0.25) is 0 Å². The molecule has 0 amide bonds. The zero-order chi connectivity index (χ0) is 6.69. The summed E-state index contributed by atoms with van der Waals surface area (Å²) in [6.07, 6.45) is 3.73. The molecule has 0 spiro atoms. The van der Waals surface area contributed by atoms with E-state index in [9.17, 15) is 0 Å². The maximum absolute atomic E-state index is 5.79. The predicted molar refractivity (Wildman–Crippen MR) is 44.4 cm³/mol. The molecule has 1 aliphatic carbocycles. The van der Waals surface area contributed by atoms with Crippen LogP contribution >= 0.6 is 12.4 Å². The van der Waals surface area contributed by atoms with E-state index >= 15 is 0 Å². The van der Waals surface area contributed by atoms with E-state index in [2.05, 4.69) is 0 Å². The van der Waals surface area contributed by atoms with Crippen molar-refractivity contribution >= 4 is 12.4 Å². The van der Waals surface area contributed by atoms with Gasteiger partial charge in [0.25, 0.3) is 0 Å². The van der Waals surface area contributed by atoms with Crippen molar-refractivity contribution < 1.29 is 4.74 Å². The van der Waals surface area contributed by atoms with Gasteiger partial charge < -0.3 is 10.5 Å². The fourth-order valence-corrected chi connectivity index (χ4v) is 1.49. The highest BCUT2D eigenvalue weighted by molar-refractivity contribution is 5.85. The Morgan fingerprint density at radius 2 is 2.20 bits per heavy atom. The van der Waals surface area contributed by atoms with Gasteiger partial charge >= 0.3 is 0 Å². The molecule has 0 bridgehead atoms. The molecule has 0 aliphatic heterocycles. The van der Waals surface area contributed by atoms with Crippen LogP contribution in [0.5, 0.6) is 0 Å². The second kappa shape index (κ2) is 4.94. The van der Waals surface area contributed by atoms with Crippen molar-refractivity contribution in [2.24, 2.45) is 11.7 Å². The van der Waals surface area contributed by atoms with Gasteiger partial charge in [0.05, 0.1) is 6.61 Å². The van der Waals surface area contributed by atoms with Crippen LogP contribution in [0.15, 0.2) is 0 Å². The Bertz CT molecular complexity index is 89.7. The molecule has 1 fully saturated rings. The molecule has 62 valence electrons. The third-order valence-corrected chi connectivity index (χ3v) is 2.10. The van der Waals surface area contributed by atoms with Crippen LogP contribution < -0.4 is 5.73 Å². The molecule has 0 saturated heterocycles. The summed E-state index contributed by atoms with van der Waals surface area (Å²) in [6, 6.07) is 0.407. The monoisotopic (exact) mass is 165 g/mol. The number of hydrogen-bond acceptors (Lipinski definition) is 2. The second-order valence-electron chi connectivity index (χ2n) is 2.81. The van der Waals surface area contributed by atoms with E-state index < -0.39 is 0 Å². The SMILES string of the molecule is COC[C@H]1CCC[C@H]1N.Cl. The standard InChI is InChI=1S/C7H15NO.ClH/c1-9-5-6-3-2-4-7(6)8;/h6-7H,2-5,8H2,1H3;1H/t6-,7-;/m1./s1. The van der Waals surface area contributed by atoms with Crippen molar-refractivity contribution in [3.05, 3.63) is 0 Å². The molecule has 0 aromatic carbocycles. The van der Waals surface area contributed by atoms with Crippen LogP contribution in [0.3, 0.4) is 0 Å². The smallest absolute Gasteiger partial charge is 0.0505 e. The number of nitrogens with two attached hydrogens (primary N) is 1. The molecule has 0 unspecified atom stereocenters. The molecule has 0 aromatic heterocycles. The Hall–Kier alpha value is 0.210. The van der Waals surface area contributed by atoms with Gasteiger partial charge in [-0.15, -0.1) is 12.4 Å². The first-order valence-electron chi connectivity index (χ1n) is 3.59. The first kappa shape index (κ1) is 10.2. The first-order chi connectivity index (χ1) is 4.34. The van der Waals surface area contributed by atoms with Crippen LogP contribution in [0.4, 0.5) is 0 Å². The quantitative estimate of drug-likeness (QED) is 0.667. The summed E-state index contributed by atoms with van der Waals surface area (Å²) in [6.45, 7) is 0.848. The van der Waals surface area contributed by atoms with Gasteiger partial charge in [0.15, 0.2) is 0 Å². The number of halogens is 1. The Morgan fingerprint density at radius 1 is 1.50 bits per heavy atom. The first-order valence-corrected chi connectivity index (χ1v) is 3.59. The zero-order valence-electron chi connectivity index (χ0n) is 6.38. The van der Waals surface area contributed by atoms with E-state index in [-0.39, 0.29) is 12.4 Å². The third-order valence-electron chi connectivity index (χ3n) is 2.10. The molecule has 2 N–H and O–H groups in total. The van der Waals surface area contributed by atoms with E-state index in [0.717, 1.165) is 6.61 Å². The Labute approximate surface area is 68.5 Å². The van der Waals surface area contributed by atoms with Gasteiger partial charge in [-0.25, -0.2) is 0 Å². The molecule has 0 heterocycles. The summed E-state index contributed by atoms with van der Waals surface area (Å²) >= 11 is 0. The van der Waals surface area contributed by atoms with Crippen molar-refractivity contribution in [1.29, 1.82) is 0 Å². The number of rotatable bonds is 2. The minimum atomic E-state index is 0. The molecule has 3 heteroatoms. The lowest BCUT2D eigenvalue weighted by Gasteiger charge is -2.12. The maximum Gasteiger partial charge on any atom is 0.0505 e. The van der Waals surface area contributed by atoms with Gasteiger partial charge in [-0.1, -0.05) is 6.42 Å². The largest absolute Gasteiger partial charge is 0.384 e. The highest BCUT2D eigenvalue weighted by Gasteiger charge is 2.22. The number of methoxy groups -OCH3 is 1. The molecular weight excluding hydrogens is 150 g/mol. The van der Waals surface area contributed by atoms with Gasteiger partial charge in [-0.2, -0.15) is 0 Å². The van der Waals surface area contributed by atoms with Crippen LogP contribution in [0, 0.1) is 5.92 Å². The third kappa shape index (κ3) is 2.45. The van der Waals surface area contributed by atoms with Crippen LogP contribution in [-0.2, 0) is 4.74 Å². The fraction of sp³-hybridized carbons (Fsp3) is 1.00. The minimum Gasteiger partial charge on any atom is -0.384 e. The zero-order valence-corrected chi connectivity index (χ0v) is 7.19. The summed E-state index contributed by atoms with van der Waals surface area (Å²) < 4.78 is 5.02. The molecule has 2 atom stereocenters. The lowest BCUT2D eigenvalue weighted by atomic mass is 10.1. The van der Waals surface area contributed by atoms with E-state index in [1.807, 2.05) is 0 Å². The van der Waals surface area contributed by atoms with Gasteiger partial charge in [-0.3, -0.25) is 0 Å². The van der Waals surface area contributed by atoms with E-state index in [1.54, 1.807) is 7.11 Å². The van der Waals surface area contributed by atoms with Gasteiger partial charge in [0.1, 0.15) is 0 Å². The van der Waals surface area contributed by atoms with Gasteiger partial charge in [0.2, 0.25) is 0 Å². The number of ether oxygens (including phenoxy) is 1. The molecule has 0 radical (unpaired) electrons. The predicted octanol–water partition coefficient (Wildman–Crippen LogP) is 1.18. The Balaban J connectivity index is 0.000000810. The summed E-state index contributed by atoms with van der Waals surface area (Å²) in [5.74, 6) is 0.634. The average Bonchev–Trinajstić information content (AvgIpc) is 2.18. The summed E-state index contributed by atoms with van der Waals surface area (Å²) in [5, 5.41) is 0. The van der Waals surface area contributed by atoms with Gasteiger partial charge in [-0.05, 0) is 18.8 Å². The molecule has 1 saturated carbocycles. The summed E-state index contributed by atoms with van der Waals surface area (Å²) in [5.41, 5.74) is 5.79. The van der Waals surface area contributed by atoms with Crippen molar-refractivity contribution in [3.8, 4) is 0 Å². The van der Waals surface area contributed by atoms with E-state index in [0.29, 0.717) is 12.0 Å². The minimum absolute atomic E-state index is 0. The van der Waals surface area contributed by atoms with Crippen LogP contribution in [0.25, 0.3) is 0 Å². The average molecular weight is 166 g/mol. The summed E-state index contributed by atoms with van der Waals surface area (Å²) in [7, 11) is 1.74. The molecular formula is C7H16ClNO. The molecule has 1 rings (SSSR count). The van der Waals surface area contributed by atoms with E-state index in [1.165, 1.54) is 19.3 Å². The molecule has 0 aromatic rings. The Morgan fingerprint density at radius 3 is 2.60 bits per heavy atom. The van der Waals surface area contributed by atoms with Crippen molar-refractivity contribution in [3.63, 3.8) is 0 Å². The van der Waals surface area contributed by atoms with Crippen molar-refractivity contribution in [1.82, 2.24) is 0 Å². The normalized spacial score (nSPS) is 31.8. The lowest BCUT2D eigenvalue weighted by Crippen LogP contribution is -2.27. The highest BCUT2D eigenvalue weighted by atomic mass is 35.5. The van der Waals surface area contributed by atoms with Crippen molar-refractivity contribution in [2.45, 2.75) is 25.3 Å². The Kier molecular flexibility index (Phi) is 5.04. The number of hydrogen-bond donors (Lipinski definition) is 1.